The van der Waals surface area contributed by atoms with Gasteiger partial charge in [-0.05, 0) is 24.6 Å². The van der Waals surface area contributed by atoms with Crippen molar-refractivity contribution >= 4 is 12.1 Å². The minimum atomic E-state index is -4.72. The second kappa shape index (κ2) is 14.7. The van der Waals surface area contributed by atoms with Gasteiger partial charge in [-0.15, -0.1) is 0 Å². The van der Waals surface area contributed by atoms with Crippen LogP contribution < -0.4 is 4.74 Å². The fourth-order valence-corrected chi connectivity index (χ4v) is 2.66. The van der Waals surface area contributed by atoms with Gasteiger partial charge in [0.05, 0.1) is 13.2 Å². The van der Waals surface area contributed by atoms with Crippen LogP contribution in [0.5, 0.6) is 5.75 Å². The quantitative estimate of drug-likeness (QED) is 0.261. The molecule has 35 heavy (non-hydrogen) atoms. The van der Waals surface area contributed by atoms with Gasteiger partial charge in [0.25, 0.3) is 5.92 Å². The largest absolute Gasteiger partial charge is 0.492 e. The Morgan fingerprint density at radius 2 is 1.63 bits per heavy atom. The third-order valence-electron chi connectivity index (χ3n) is 4.57. The fraction of sp³-hybridized carbons (Fsp3) is 0.636. The lowest BCUT2D eigenvalue weighted by molar-refractivity contribution is -0.162. The number of amides is 1. The summed E-state index contributed by atoms with van der Waals surface area (Å²) in [5.74, 6) is -3.78. The van der Waals surface area contributed by atoms with Crippen LogP contribution in [-0.4, -0.2) is 86.4 Å². The third-order valence-corrected chi connectivity index (χ3v) is 4.57. The molecule has 1 atom stereocenters. The molecule has 8 nitrogen and oxygen atoms in total. The van der Waals surface area contributed by atoms with Crippen molar-refractivity contribution in [3.63, 3.8) is 0 Å². The van der Waals surface area contributed by atoms with E-state index in [9.17, 15) is 31.5 Å². The highest BCUT2D eigenvalue weighted by Gasteiger charge is 2.31. The SMILES string of the molecule is CCOC(Cc1ccc(OCCN(CCOCC(F)(F)CC)C(=O)OCC(F)(F)F)cc1)C(=O)O. The molecule has 1 unspecified atom stereocenters. The smallest absolute Gasteiger partial charge is 0.422 e. The molecule has 1 aromatic rings. The number of alkyl halides is 5. The highest BCUT2D eigenvalue weighted by Crippen LogP contribution is 2.18. The van der Waals surface area contributed by atoms with Crippen molar-refractivity contribution in [1.29, 1.82) is 0 Å². The van der Waals surface area contributed by atoms with E-state index in [1.807, 2.05) is 0 Å². The Hall–Kier alpha value is -2.67. The molecule has 1 amide bonds. The molecule has 0 saturated carbocycles. The molecule has 0 saturated heterocycles. The zero-order chi connectivity index (χ0) is 26.5. The molecular weight excluding hydrogens is 485 g/mol. The van der Waals surface area contributed by atoms with Gasteiger partial charge in [0, 0.05) is 26.0 Å². The van der Waals surface area contributed by atoms with Crippen LogP contribution in [0.3, 0.4) is 0 Å². The topological polar surface area (TPSA) is 94.5 Å². The number of carboxylic acids is 1. The first kappa shape index (κ1) is 30.4. The third kappa shape index (κ3) is 13.1. The molecule has 0 bridgehead atoms. The number of hydrogen-bond acceptors (Lipinski definition) is 6. The van der Waals surface area contributed by atoms with Crippen molar-refractivity contribution < 1.29 is 55.6 Å². The van der Waals surface area contributed by atoms with Crippen molar-refractivity contribution in [2.24, 2.45) is 0 Å². The van der Waals surface area contributed by atoms with Gasteiger partial charge in [0.1, 0.15) is 19.0 Å². The number of carboxylic acid groups (broad SMARTS) is 1. The number of benzene rings is 1. The van der Waals surface area contributed by atoms with Crippen LogP contribution in [0.1, 0.15) is 25.8 Å². The molecule has 0 heterocycles. The summed E-state index contributed by atoms with van der Waals surface area (Å²) in [6.07, 6.45) is -7.31. The predicted octanol–water partition coefficient (Wildman–Crippen LogP) is 4.16. The fourth-order valence-electron chi connectivity index (χ4n) is 2.66. The number of rotatable bonds is 16. The maximum Gasteiger partial charge on any atom is 0.422 e. The first-order valence-electron chi connectivity index (χ1n) is 10.9. The number of carbonyl (C=O) groups excluding carboxylic acids is 1. The van der Waals surface area contributed by atoms with Gasteiger partial charge in [-0.25, -0.2) is 18.4 Å². The van der Waals surface area contributed by atoms with Crippen molar-refractivity contribution in [3.8, 4) is 5.75 Å². The molecule has 200 valence electrons. The summed E-state index contributed by atoms with van der Waals surface area (Å²) >= 11 is 0. The number of nitrogens with zero attached hydrogens (tertiary/aromatic N) is 1. The molecule has 0 aliphatic rings. The van der Waals surface area contributed by atoms with E-state index in [4.69, 9.17) is 19.3 Å². The van der Waals surface area contributed by atoms with E-state index in [1.54, 1.807) is 31.2 Å². The van der Waals surface area contributed by atoms with Crippen LogP contribution in [0.2, 0.25) is 0 Å². The van der Waals surface area contributed by atoms with Crippen molar-refractivity contribution in [3.05, 3.63) is 29.8 Å². The predicted molar refractivity (Wildman–Crippen MR) is 114 cm³/mol. The monoisotopic (exact) mass is 515 g/mol. The maximum absolute atomic E-state index is 13.2. The minimum absolute atomic E-state index is 0.137. The summed E-state index contributed by atoms with van der Waals surface area (Å²) in [6.45, 7) is -0.434. The Kier molecular flexibility index (Phi) is 12.7. The van der Waals surface area contributed by atoms with Crippen LogP contribution in [0.4, 0.5) is 26.7 Å². The summed E-state index contributed by atoms with van der Waals surface area (Å²) in [5, 5.41) is 9.15. The Morgan fingerprint density at radius 1 is 1.00 bits per heavy atom. The van der Waals surface area contributed by atoms with Gasteiger partial charge >= 0.3 is 18.2 Å². The van der Waals surface area contributed by atoms with Crippen LogP contribution >= 0.6 is 0 Å². The number of ether oxygens (including phenoxy) is 4. The maximum atomic E-state index is 13.2. The first-order chi connectivity index (χ1) is 16.4. The van der Waals surface area contributed by atoms with Gasteiger partial charge in [-0.1, -0.05) is 19.1 Å². The summed E-state index contributed by atoms with van der Waals surface area (Å²) in [7, 11) is 0. The molecule has 1 rings (SSSR count). The summed E-state index contributed by atoms with van der Waals surface area (Å²) in [5.41, 5.74) is 0.677. The van der Waals surface area contributed by atoms with E-state index in [1.165, 1.54) is 6.92 Å². The summed E-state index contributed by atoms with van der Waals surface area (Å²) in [6, 6.07) is 6.37. The first-order valence-corrected chi connectivity index (χ1v) is 10.9. The van der Waals surface area contributed by atoms with E-state index >= 15 is 0 Å². The minimum Gasteiger partial charge on any atom is -0.492 e. The van der Waals surface area contributed by atoms with Crippen molar-refractivity contribution in [2.75, 3.05) is 46.1 Å². The Bertz CT molecular complexity index is 774. The normalized spacial score (nSPS) is 12.8. The lowest BCUT2D eigenvalue weighted by Gasteiger charge is -2.23. The number of aliphatic carboxylic acids is 1. The summed E-state index contributed by atoms with van der Waals surface area (Å²) in [4.78, 5) is 24.1. The standard InChI is InChI=1S/C22H30F5NO7/c1-3-21(23,24)14-32-11-9-28(20(31)35-15-22(25,26)27)10-12-34-17-7-5-16(6-8-17)13-18(19(29)30)33-4-2/h5-8,18H,3-4,9-15H2,1-2H3,(H,29,30). The van der Waals surface area contributed by atoms with Gasteiger partial charge < -0.3 is 29.0 Å². The second-order valence-electron chi connectivity index (χ2n) is 7.40. The molecule has 0 aliphatic heterocycles. The number of hydrogen-bond donors (Lipinski definition) is 1. The molecule has 0 radical (unpaired) electrons. The zero-order valence-electron chi connectivity index (χ0n) is 19.5. The Balaban J connectivity index is 2.62. The Morgan fingerprint density at radius 3 is 2.17 bits per heavy atom. The average molecular weight is 515 g/mol. The van der Waals surface area contributed by atoms with Crippen LogP contribution in [0.15, 0.2) is 24.3 Å². The van der Waals surface area contributed by atoms with E-state index in [0.29, 0.717) is 11.3 Å². The molecule has 0 spiro atoms. The highest BCUT2D eigenvalue weighted by atomic mass is 19.4. The van der Waals surface area contributed by atoms with Crippen molar-refractivity contribution in [2.45, 2.75) is 44.9 Å². The van der Waals surface area contributed by atoms with E-state index < -0.39 is 49.9 Å². The molecule has 0 fully saturated rings. The van der Waals surface area contributed by atoms with Gasteiger partial charge in [-0.2, -0.15) is 13.2 Å². The summed E-state index contributed by atoms with van der Waals surface area (Å²) < 4.78 is 83.3. The van der Waals surface area contributed by atoms with E-state index in [2.05, 4.69) is 4.74 Å². The lowest BCUT2D eigenvalue weighted by atomic mass is 10.1. The molecule has 0 aromatic heterocycles. The average Bonchev–Trinajstić information content (AvgIpc) is 2.79. The second-order valence-corrected chi connectivity index (χ2v) is 7.40. The number of halogens is 5. The molecule has 1 N–H and O–H groups in total. The highest BCUT2D eigenvalue weighted by molar-refractivity contribution is 5.72. The van der Waals surface area contributed by atoms with Crippen LogP contribution in [0, 0.1) is 0 Å². The molecule has 0 aliphatic carbocycles. The van der Waals surface area contributed by atoms with Gasteiger partial charge in [-0.3, -0.25) is 0 Å². The van der Waals surface area contributed by atoms with Gasteiger partial charge in [0.2, 0.25) is 0 Å². The molecular formula is C22H30F5NO7. The lowest BCUT2D eigenvalue weighted by Crippen LogP contribution is -2.39. The Labute approximate surface area is 199 Å². The van der Waals surface area contributed by atoms with Crippen molar-refractivity contribution in [1.82, 2.24) is 4.90 Å². The van der Waals surface area contributed by atoms with E-state index in [0.717, 1.165) is 4.90 Å². The molecule has 1 aromatic carbocycles. The van der Waals surface area contributed by atoms with Crippen LogP contribution in [0.25, 0.3) is 0 Å². The van der Waals surface area contributed by atoms with Crippen LogP contribution in [-0.2, 0) is 25.4 Å². The number of carbonyl (C=O) groups is 2. The zero-order valence-corrected chi connectivity index (χ0v) is 19.5. The van der Waals surface area contributed by atoms with Gasteiger partial charge in [0.15, 0.2) is 12.7 Å². The van der Waals surface area contributed by atoms with E-state index in [-0.39, 0.29) is 39.3 Å². The molecule has 13 heteroatoms.